The van der Waals surface area contributed by atoms with Crippen LogP contribution in [-0.2, 0) is 13.5 Å². The van der Waals surface area contributed by atoms with Crippen LogP contribution in [-0.4, -0.2) is 9.55 Å². The van der Waals surface area contributed by atoms with Gasteiger partial charge in [0.15, 0.2) is 0 Å². The zero-order chi connectivity index (χ0) is 11.7. The number of fused-ring (bicyclic) bond motifs is 1. The maximum Gasteiger partial charge on any atom is 0.261 e. The molecule has 0 spiro atoms. The minimum atomic E-state index is -0.0271. The second-order valence-corrected chi connectivity index (χ2v) is 3.92. The van der Waals surface area contributed by atoms with Crippen LogP contribution in [0.1, 0.15) is 19.2 Å². The molecule has 0 bridgehead atoms. The van der Waals surface area contributed by atoms with E-state index in [9.17, 15) is 4.79 Å². The predicted octanol–water partition coefficient (Wildman–Crippen LogP) is 1.47. The number of anilines is 1. The molecule has 1 aromatic carbocycles. The van der Waals surface area contributed by atoms with Gasteiger partial charge in [-0.1, -0.05) is 6.92 Å². The van der Waals surface area contributed by atoms with Crippen LogP contribution in [0.5, 0.6) is 0 Å². The summed E-state index contributed by atoms with van der Waals surface area (Å²) >= 11 is 0. The van der Waals surface area contributed by atoms with E-state index in [1.165, 1.54) is 0 Å². The summed E-state index contributed by atoms with van der Waals surface area (Å²) < 4.78 is 1.60. The number of aromatic nitrogens is 2. The smallest absolute Gasteiger partial charge is 0.261 e. The molecule has 1 aromatic heterocycles. The number of rotatable bonds is 2. The minimum Gasteiger partial charge on any atom is -0.399 e. The molecule has 0 amide bonds. The molecule has 0 aliphatic rings. The van der Waals surface area contributed by atoms with Crippen LogP contribution in [0.4, 0.5) is 5.69 Å². The number of aryl methyl sites for hydroxylation is 1. The van der Waals surface area contributed by atoms with Gasteiger partial charge in [-0.2, -0.15) is 0 Å². The average molecular weight is 217 g/mol. The van der Waals surface area contributed by atoms with Gasteiger partial charge >= 0.3 is 0 Å². The molecule has 0 saturated heterocycles. The normalized spacial score (nSPS) is 10.9. The third-order valence-corrected chi connectivity index (χ3v) is 2.67. The van der Waals surface area contributed by atoms with Crippen LogP contribution in [0.3, 0.4) is 0 Å². The van der Waals surface area contributed by atoms with E-state index in [0.29, 0.717) is 11.1 Å². The Morgan fingerprint density at radius 2 is 2.19 bits per heavy atom. The summed E-state index contributed by atoms with van der Waals surface area (Å²) in [6, 6.07) is 5.25. The van der Waals surface area contributed by atoms with Crippen molar-refractivity contribution in [3.05, 3.63) is 34.4 Å². The molecule has 2 N–H and O–H groups in total. The largest absolute Gasteiger partial charge is 0.399 e. The van der Waals surface area contributed by atoms with Crippen molar-refractivity contribution in [2.45, 2.75) is 19.8 Å². The third-order valence-electron chi connectivity index (χ3n) is 2.67. The highest BCUT2D eigenvalue weighted by Gasteiger charge is 2.07. The maximum atomic E-state index is 12.0. The molecule has 0 unspecified atom stereocenters. The molecular formula is C12H15N3O. The molecule has 2 aromatic rings. The lowest BCUT2D eigenvalue weighted by Crippen LogP contribution is -2.22. The molecule has 0 radical (unpaired) electrons. The van der Waals surface area contributed by atoms with Gasteiger partial charge in [0.2, 0.25) is 0 Å². The van der Waals surface area contributed by atoms with E-state index in [0.717, 1.165) is 24.2 Å². The van der Waals surface area contributed by atoms with Crippen molar-refractivity contribution in [3.63, 3.8) is 0 Å². The molecule has 4 heteroatoms. The fraction of sp³-hybridized carbons (Fsp3) is 0.333. The summed E-state index contributed by atoms with van der Waals surface area (Å²) in [6.45, 7) is 2.07. The Morgan fingerprint density at radius 1 is 1.44 bits per heavy atom. The first-order valence-electron chi connectivity index (χ1n) is 5.38. The molecular weight excluding hydrogens is 202 g/mol. The zero-order valence-electron chi connectivity index (χ0n) is 9.53. The molecule has 16 heavy (non-hydrogen) atoms. The lowest BCUT2D eigenvalue weighted by atomic mass is 10.2. The molecule has 0 saturated carbocycles. The Labute approximate surface area is 93.7 Å². The van der Waals surface area contributed by atoms with Crippen molar-refractivity contribution in [2.24, 2.45) is 7.05 Å². The summed E-state index contributed by atoms with van der Waals surface area (Å²) in [5.74, 6) is 0.824. The Balaban J connectivity index is 2.78. The van der Waals surface area contributed by atoms with Crippen LogP contribution in [0.25, 0.3) is 10.9 Å². The van der Waals surface area contributed by atoms with E-state index in [2.05, 4.69) is 11.9 Å². The fourth-order valence-electron chi connectivity index (χ4n) is 1.78. The van der Waals surface area contributed by atoms with Crippen molar-refractivity contribution in [1.29, 1.82) is 0 Å². The molecule has 0 aliphatic carbocycles. The summed E-state index contributed by atoms with van der Waals surface area (Å²) in [7, 11) is 1.75. The lowest BCUT2D eigenvalue weighted by Gasteiger charge is -2.08. The van der Waals surface area contributed by atoms with Gasteiger partial charge in [0.25, 0.3) is 5.56 Å². The van der Waals surface area contributed by atoms with Gasteiger partial charge in [-0.25, -0.2) is 4.98 Å². The van der Waals surface area contributed by atoms with Gasteiger partial charge in [-0.05, 0) is 24.6 Å². The van der Waals surface area contributed by atoms with Crippen LogP contribution in [0, 0.1) is 0 Å². The fourth-order valence-corrected chi connectivity index (χ4v) is 1.78. The lowest BCUT2D eigenvalue weighted by molar-refractivity contribution is 0.717. The molecule has 0 aliphatic heterocycles. The van der Waals surface area contributed by atoms with E-state index in [1.54, 1.807) is 29.8 Å². The van der Waals surface area contributed by atoms with E-state index in [-0.39, 0.29) is 5.56 Å². The number of hydrogen-bond donors (Lipinski definition) is 1. The highest BCUT2D eigenvalue weighted by Crippen LogP contribution is 2.12. The summed E-state index contributed by atoms with van der Waals surface area (Å²) in [5.41, 5.74) is 6.95. The highest BCUT2D eigenvalue weighted by atomic mass is 16.1. The van der Waals surface area contributed by atoms with Crippen molar-refractivity contribution in [1.82, 2.24) is 9.55 Å². The molecule has 0 fully saturated rings. The van der Waals surface area contributed by atoms with E-state index in [4.69, 9.17) is 5.73 Å². The molecule has 4 nitrogen and oxygen atoms in total. The monoisotopic (exact) mass is 217 g/mol. The third kappa shape index (κ3) is 1.66. The second kappa shape index (κ2) is 3.96. The molecule has 2 rings (SSSR count). The Hall–Kier alpha value is -1.84. The standard InChI is InChI=1S/C12H15N3O/c1-3-4-11-14-10-6-5-8(13)7-9(10)12(16)15(11)2/h5-7H,3-4,13H2,1-2H3. The van der Waals surface area contributed by atoms with Gasteiger partial charge in [0.05, 0.1) is 10.9 Å². The SMILES string of the molecule is CCCc1nc2ccc(N)cc2c(=O)n1C. The number of nitrogen functional groups attached to an aromatic ring is 1. The van der Waals surface area contributed by atoms with Gasteiger partial charge in [0, 0.05) is 19.2 Å². The molecule has 0 atom stereocenters. The van der Waals surface area contributed by atoms with Gasteiger partial charge in [-0.3, -0.25) is 9.36 Å². The predicted molar refractivity (Wildman–Crippen MR) is 65.4 cm³/mol. The highest BCUT2D eigenvalue weighted by molar-refractivity contribution is 5.81. The van der Waals surface area contributed by atoms with Crippen molar-refractivity contribution in [2.75, 3.05) is 5.73 Å². The van der Waals surface area contributed by atoms with Gasteiger partial charge in [0.1, 0.15) is 5.82 Å². The van der Waals surface area contributed by atoms with Crippen molar-refractivity contribution in [3.8, 4) is 0 Å². The van der Waals surface area contributed by atoms with Crippen LogP contribution >= 0.6 is 0 Å². The van der Waals surface area contributed by atoms with Crippen LogP contribution < -0.4 is 11.3 Å². The summed E-state index contributed by atoms with van der Waals surface area (Å²) in [6.07, 6.45) is 1.78. The van der Waals surface area contributed by atoms with Crippen molar-refractivity contribution < 1.29 is 0 Å². The number of benzene rings is 1. The van der Waals surface area contributed by atoms with E-state index < -0.39 is 0 Å². The first-order chi connectivity index (χ1) is 7.63. The zero-order valence-corrected chi connectivity index (χ0v) is 9.53. The molecule has 84 valence electrons. The van der Waals surface area contributed by atoms with Gasteiger partial charge in [-0.15, -0.1) is 0 Å². The van der Waals surface area contributed by atoms with E-state index in [1.807, 2.05) is 0 Å². The summed E-state index contributed by atoms with van der Waals surface area (Å²) in [4.78, 5) is 16.5. The Kier molecular flexibility index (Phi) is 2.64. The molecule has 1 heterocycles. The van der Waals surface area contributed by atoms with Crippen molar-refractivity contribution >= 4 is 16.6 Å². The maximum absolute atomic E-state index is 12.0. The average Bonchev–Trinajstić information content (AvgIpc) is 2.27. The Bertz CT molecular complexity index is 587. The Morgan fingerprint density at radius 3 is 2.88 bits per heavy atom. The van der Waals surface area contributed by atoms with Crippen LogP contribution in [0.15, 0.2) is 23.0 Å². The first-order valence-corrected chi connectivity index (χ1v) is 5.38. The van der Waals surface area contributed by atoms with E-state index >= 15 is 0 Å². The topological polar surface area (TPSA) is 60.9 Å². The number of hydrogen-bond acceptors (Lipinski definition) is 3. The summed E-state index contributed by atoms with van der Waals surface area (Å²) in [5, 5.41) is 0.586. The minimum absolute atomic E-state index is 0.0271. The number of nitrogens with zero attached hydrogens (tertiary/aromatic N) is 2. The first kappa shape index (κ1) is 10.7. The second-order valence-electron chi connectivity index (χ2n) is 3.92. The number of nitrogens with two attached hydrogens (primary N) is 1. The van der Waals surface area contributed by atoms with Gasteiger partial charge < -0.3 is 5.73 Å². The van der Waals surface area contributed by atoms with Crippen LogP contribution in [0.2, 0.25) is 0 Å². The quantitative estimate of drug-likeness (QED) is 0.775.